The van der Waals surface area contributed by atoms with E-state index in [9.17, 15) is 4.79 Å². The Morgan fingerprint density at radius 2 is 1.79 bits per heavy atom. The highest BCUT2D eigenvalue weighted by Gasteiger charge is 2.27. The van der Waals surface area contributed by atoms with Gasteiger partial charge in [0, 0.05) is 56.5 Å². The van der Waals surface area contributed by atoms with Crippen LogP contribution in [0.2, 0.25) is 0 Å². The first-order valence-corrected chi connectivity index (χ1v) is 10.8. The summed E-state index contributed by atoms with van der Waals surface area (Å²) in [6, 6.07) is 16.9. The molecule has 0 spiro atoms. The number of amides is 2. The normalized spacial score (nSPS) is 17.8. The van der Waals surface area contributed by atoms with Crippen LogP contribution >= 0.6 is 11.8 Å². The molecule has 2 amide bonds. The van der Waals surface area contributed by atoms with E-state index >= 15 is 0 Å². The van der Waals surface area contributed by atoms with Gasteiger partial charge in [-0.15, -0.1) is 11.8 Å². The number of fused-ring (bicyclic) bond motifs is 1. The molecule has 4 rings (SSSR count). The highest BCUT2D eigenvalue weighted by Crippen LogP contribution is 2.30. The van der Waals surface area contributed by atoms with E-state index in [-0.39, 0.29) is 6.03 Å². The minimum atomic E-state index is 0.163. The summed E-state index contributed by atoms with van der Waals surface area (Å²) in [5, 5.41) is 0. The van der Waals surface area contributed by atoms with Crippen molar-refractivity contribution in [2.45, 2.75) is 18.0 Å². The minimum absolute atomic E-state index is 0.163. The molecule has 0 atom stereocenters. The van der Waals surface area contributed by atoms with Crippen LogP contribution in [0, 0.1) is 0 Å². The molecular formula is C22H27N3O2S. The van der Waals surface area contributed by atoms with Gasteiger partial charge in [-0.25, -0.2) is 4.79 Å². The standard InChI is InChI=1S/C22H27N3O2S/c1-27-20-7-8-21-19(15-20)17-25(13-14-28-21)22(26)24-11-9-23(10-12-24)16-18-5-3-2-4-6-18/h2-8,15H,9-14,16-17H2,1H3. The number of piperazine rings is 1. The zero-order valence-corrected chi connectivity index (χ0v) is 17.2. The SMILES string of the molecule is COc1ccc2c(c1)CN(C(=O)N1CCN(Cc3ccccc3)CC1)CCS2. The number of hydrogen-bond donors (Lipinski definition) is 0. The molecule has 1 fully saturated rings. The van der Waals surface area contributed by atoms with E-state index in [2.05, 4.69) is 41.3 Å². The lowest BCUT2D eigenvalue weighted by molar-refractivity contribution is 0.109. The number of nitrogens with zero attached hydrogens (tertiary/aromatic N) is 3. The van der Waals surface area contributed by atoms with Gasteiger partial charge in [-0.05, 0) is 29.3 Å². The molecule has 2 aliphatic rings. The van der Waals surface area contributed by atoms with Gasteiger partial charge in [0.1, 0.15) is 5.75 Å². The highest BCUT2D eigenvalue weighted by atomic mass is 32.2. The average molecular weight is 398 g/mol. The first-order valence-electron chi connectivity index (χ1n) is 9.83. The minimum Gasteiger partial charge on any atom is -0.497 e. The Bertz CT molecular complexity index is 807. The van der Waals surface area contributed by atoms with Gasteiger partial charge >= 0.3 is 6.03 Å². The average Bonchev–Trinajstić information content (AvgIpc) is 2.96. The summed E-state index contributed by atoms with van der Waals surface area (Å²) in [7, 11) is 1.68. The molecule has 0 aliphatic carbocycles. The Labute approximate surface area is 171 Å². The van der Waals surface area contributed by atoms with Crippen LogP contribution in [0.5, 0.6) is 5.75 Å². The predicted molar refractivity (Wildman–Crippen MR) is 113 cm³/mol. The van der Waals surface area contributed by atoms with Gasteiger partial charge in [0.05, 0.1) is 7.11 Å². The quantitative estimate of drug-likeness (QED) is 0.794. The molecule has 0 unspecified atom stereocenters. The maximum absolute atomic E-state index is 13.1. The van der Waals surface area contributed by atoms with E-state index in [4.69, 9.17) is 4.74 Å². The number of benzene rings is 2. The summed E-state index contributed by atoms with van der Waals surface area (Å²) in [5.41, 5.74) is 2.51. The van der Waals surface area contributed by atoms with Gasteiger partial charge in [-0.1, -0.05) is 30.3 Å². The van der Waals surface area contributed by atoms with E-state index in [1.807, 2.05) is 33.7 Å². The zero-order valence-electron chi connectivity index (χ0n) is 16.3. The first-order chi connectivity index (χ1) is 13.7. The Kier molecular flexibility index (Phi) is 6.07. The Morgan fingerprint density at radius 3 is 2.54 bits per heavy atom. The lowest BCUT2D eigenvalue weighted by atomic mass is 10.2. The Balaban J connectivity index is 1.35. The summed E-state index contributed by atoms with van der Waals surface area (Å²) < 4.78 is 5.37. The summed E-state index contributed by atoms with van der Waals surface area (Å²) in [6.07, 6.45) is 0. The van der Waals surface area contributed by atoms with Crippen LogP contribution in [-0.2, 0) is 13.1 Å². The molecule has 148 valence electrons. The second-order valence-electron chi connectivity index (χ2n) is 7.28. The molecule has 0 radical (unpaired) electrons. The zero-order chi connectivity index (χ0) is 19.3. The molecule has 0 saturated carbocycles. The van der Waals surface area contributed by atoms with E-state index in [1.165, 1.54) is 16.0 Å². The Morgan fingerprint density at radius 1 is 1.00 bits per heavy atom. The number of methoxy groups -OCH3 is 1. The molecule has 1 saturated heterocycles. The lowest BCUT2D eigenvalue weighted by Gasteiger charge is -2.37. The van der Waals surface area contributed by atoms with E-state index < -0.39 is 0 Å². The lowest BCUT2D eigenvalue weighted by Crippen LogP contribution is -2.52. The van der Waals surface area contributed by atoms with Crippen LogP contribution in [0.1, 0.15) is 11.1 Å². The van der Waals surface area contributed by atoms with Crippen molar-refractivity contribution in [3.63, 3.8) is 0 Å². The number of ether oxygens (including phenoxy) is 1. The Hall–Kier alpha value is -2.18. The first kappa shape index (κ1) is 19.2. The van der Waals surface area contributed by atoms with Gasteiger partial charge in [0.2, 0.25) is 0 Å². The van der Waals surface area contributed by atoms with Crippen LogP contribution in [-0.4, -0.2) is 66.3 Å². The number of carbonyl (C=O) groups excluding carboxylic acids is 1. The largest absolute Gasteiger partial charge is 0.497 e. The molecule has 0 N–H and O–H groups in total. The summed E-state index contributed by atoms with van der Waals surface area (Å²) in [5.74, 6) is 1.78. The number of carbonyl (C=O) groups is 1. The molecule has 0 aromatic heterocycles. The van der Waals surface area contributed by atoms with Crippen molar-refractivity contribution in [3.8, 4) is 5.75 Å². The van der Waals surface area contributed by atoms with Crippen molar-refractivity contribution in [2.24, 2.45) is 0 Å². The molecular weight excluding hydrogens is 370 g/mol. The van der Waals surface area contributed by atoms with Crippen molar-refractivity contribution in [1.29, 1.82) is 0 Å². The number of rotatable bonds is 3. The fraction of sp³-hybridized carbons (Fsp3) is 0.409. The predicted octanol–water partition coefficient (Wildman–Crippen LogP) is 3.54. The number of hydrogen-bond acceptors (Lipinski definition) is 4. The number of thioether (sulfide) groups is 1. The molecule has 2 aromatic carbocycles. The molecule has 5 nitrogen and oxygen atoms in total. The fourth-order valence-corrected chi connectivity index (χ4v) is 4.80. The van der Waals surface area contributed by atoms with Crippen molar-refractivity contribution in [3.05, 3.63) is 59.7 Å². The molecule has 2 aromatic rings. The van der Waals surface area contributed by atoms with Crippen molar-refractivity contribution in [1.82, 2.24) is 14.7 Å². The van der Waals surface area contributed by atoms with Gasteiger partial charge in [0.25, 0.3) is 0 Å². The molecule has 6 heteroatoms. The van der Waals surface area contributed by atoms with Crippen LogP contribution in [0.25, 0.3) is 0 Å². The van der Waals surface area contributed by atoms with E-state index in [0.717, 1.165) is 50.8 Å². The van der Waals surface area contributed by atoms with Crippen molar-refractivity contribution < 1.29 is 9.53 Å². The van der Waals surface area contributed by atoms with Gasteiger partial charge < -0.3 is 14.5 Å². The molecule has 2 heterocycles. The third-order valence-electron chi connectivity index (χ3n) is 5.41. The fourth-order valence-electron chi connectivity index (χ4n) is 3.80. The smallest absolute Gasteiger partial charge is 0.320 e. The summed E-state index contributed by atoms with van der Waals surface area (Å²) >= 11 is 1.82. The van der Waals surface area contributed by atoms with Gasteiger partial charge in [-0.3, -0.25) is 4.90 Å². The molecule has 28 heavy (non-hydrogen) atoms. The van der Waals surface area contributed by atoms with Crippen LogP contribution in [0.4, 0.5) is 4.79 Å². The highest BCUT2D eigenvalue weighted by molar-refractivity contribution is 7.99. The summed E-state index contributed by atoms with van der Waals surface area (Å²) in [4.78, 5) is 20.8. The van der Waals surface area contributed by atoms with Gasteiger partial charge in [-0.2, -0.15) is 0 Å². The van der Waals surface area contributed by atoms with E-state index in [1.54, 1.807) is 7.11 Å². The number of urea groups is 1. The van der Waals surface area contributed by atoms with Crippen LogP contribution < -0.4 is 4.74 Å². The van der Waals surface area contributed by atoms with Crippen LogP contribution in [0.15, 0.2) is 53.4 Å². The second-order valence-corrected chi connectivity index (χ2v) is 8.41. The monoisotopic (exact) mass is 397 g/mol. The molecule has 0 bridgehead atoms. The van der Waals surface area contributed by atoms with Crippen molar-refractivity contribution in [2.75, 3.05) is 45.6 Å². The third kappa shape index (κ3) is 4.45. The maximum atomic E-state index is 13.1. The maximum Gasteiger partial charge on any atom is 0.320 e. The van der Waals surface area contributed by atoms with E-state index in [0.29, 0.717) is 6.54 Å². The second kappa shape index (κ2) is 8.88. The topological polar surface area (TPSA) is 36.0 Å². The molecule has 2 aliphatic heterocycles. The summed E-state index contributed by atoms with van der Waals surface area (Å²) in [6.45, 7) is 5.82. The van der Waals surface area contributed by atoms with Crippen LogP contribution in [0.3, 0.4) is 0 Å². The van der Waals surface area contributed by atoms with Crippen molar-refractivity contribution >= 4 is 17.8 Å². The third-order valence-corrected chi connectivity index (χ3v) is 6.51. The van der Waals surface area contributed by atoms with Gasteiger partial charge in [0.15, 0.2) is 0 Å².